The standard InChI is InChI=1S/C11H16ClN.C7H5IO3/c1-2-3-4-9-13-11-7-5-10(12)6-8-11;8-11-6-3-1-5(2-4-6)7(9)10/h5-8,13H,2-4,9H2,1H3;1-4H,(H,9,10). The van der Waals surface area contributed by atoms with Crippen molar-refractivity contribution in [2.75, 3.05) is 11.9 Å². The number of benzene rings is 2. The first-order valence-electron chi connectivity index (χ1n) is 7.68. The van der Waals surface area contributed by atoms with Crippen molar-refractivity contribution < 1.29 is 13.0 Å². The number of carboxylic acid groups (broad SMARTS) is 1. The van der Waals surface area contributed by atoms with Gasteiger partial charge in [-0.1, -0.05) is 31.4 Å². The van der Waals surface area contributed by atoms with Crippen LogP contribution in [0.15, 0.2) is 48.5 Å². The molecule has 2 N–H and O–H groups in total. The van der Waals surface area contributed by atoms with Gasteiger partial charge in [0.1, 0.15) is 5.75 Å². The largest absolute Gasteiger partial charge is 0.478 e. The Morgan fingerprint density at radius 1 is 1.12 bits per heavy atom. The van der Waals surface area contributed by atoms with Crippen LogP contribution in [0.3, 0.4) is 0 Å². The van der Waals surface area contributed by atoms with Gasteiger partial charge in [0.25, 0.3) is 0 Å². The van der Waals surface area contributed by atoms with Gasteiger partial charge >= 0.3 is 5.97 Å². The van der Waals surface area contributed by atoms with Gasteiger partial charge in [0.05, 0.1) is 5.56 Å². The van der Waals surface area contributed by atoms with Crippen LogP contribution in [0, 0.1) is 0 Å². The second-order valence-corrected chi connectivity index (χ2v) is 5.92. The van der Waals surface area contributed by atoms with Crippen LogP contribution >= 0.6 is 34.6 Å². The number of carbonyl (C=O) groups is 1. The fraction of sp³-hybridized carbons (Fsp3) is 0.278. The quantitative estimate of drug-likeness (QED) is 0.389. The van der Waals surface area contributed by atoms with Gasteiger partial charge in [-0.2, -0.15) is 0 Å². The fourth-order valence-electron chi connectivity index (χ4n) is 1.82. The van der Waals surface area contributed by atoms with Crippen LogP contribution in [0.2, 0.25) is 5.02 Å². The summed E-state index contributed by atoms with van der Waals surface area (Å²) in [7, 11) is 0. The molecule has 4 nitrogen and oxygen atoms in total. The van der Waals surface area contributed by atoms with Crippen molar-refractivity contribution in [3.63, 3.8) is 0 Å². The Morgan fingerprint density at radius 2 is 1.75 bits per heavy atom. The van der Waals surface area contributed by atoms with Crippen molar-refractivity contribution in [3.8, 4) is 5.75 Å². The van der Waals surface area contributed by atoms with Crippen LogP contribution < -0.4 is 8.38 Å². The molecule has 0 fully saturated rings. The summed E-state index contributed by atoms with van der Waals surface area (Å²) in [6.45, 7) is 3.26. The Bertz CT molecular complexity index is 603. The highest BCUT2D eigenvalue weighted by Gasteiger charge is 2.00. The summed E-state index contributed by atoms with van der Waals surface area (Å²) in [4.78, 5) is 10.4. The first-order valence-corrected chi connectivity index (χ1v) is 8.94. The highest BCUT2D eigenvalue weighted by atomic mass is 127. The van der Waals surface area contributed by atoms with Gasteiger partial charge in [0.15, 0.2) is 23.0 Å². The average molecular weight is 462 g/mol. The van der Waals surface area contributed by atoms with Crippen molar-refractivity contribution in [1.82, 2.24) is 0 Å². The van der Waals surface area contributed by atoms with E-state index >= 15 is 0 Å². The van der Waals surface area contributed by atoms with Crippen molar-refractivity contribution in [1.29, 1.82) is 0 Å². The Hall–Kier alpha value is -1.47. The number of carboxylic acids is 1. The molecule has 2 rings (SSSR count). The van der Waals surface area contributed by atoms with E-state index in [9.17, 15) is 4.79 Å². The molecule has 0 radical (unpaired) electrons. The second-order valence-electron chi connectivity index (χ2n) is 5.05. The first kappa shape index (κ1) is 20.6. The third kappa shape index (κ3) is 8.40. The van der Waals surface area contributed by atoms with E-state index in [1.54, 1.807) is 35.1 Å². The van der Waals surface area contributed by atoms with Crippen molar-refractivity contribution in [3.05, 3.63) is 59.1 Å². The van der Waals surface area contributed by atoms with E-state index in [2.05, 4.69) is 12.2 Å². The highest BCUT2D eigenvalue weighted by molar-refractivity contribution is 14.1. The number of aromatic carboxylic acids is 1. The summed E-state index contributed by atoms with van der Waals surface area (Å²) < 4.78 is 4.83. The van der Waals surface area contributed by atoms with Gasteiger partial charge in [0.2, 0.25) is 0 Å². The number of hydrogen-bond acceptors (Lipinski definition) is 3. The number of nitrogens with one attached hydrogen (secondary N) is 1. The predicted octanol–water partition coefficient (Wildman–Crippen LogP) is 6.06. The third-order valence-electron chi connectivity index (χ3n) is 3.14. The lowest BCUT2D eigenvalue weighted by Gasteiger charge is -2.05. The topological polar surface area (TPSA) is 58.6 Å². The Balaban J connectivity index is 0.000000243. The Morgan fingerprint density at radius 3 is 2.25 bits per heavy atom. The van der Waals surface area contributed by atoms with E-state index in [0.29, 0.717) is 5.75 Å². The fourth-order valence-corrected chi connectivity index (χ4v) is 2.24. The van der Waals surface area contributed by atoms with Crippen LogP contribution in [0.5, 0.6) is 5.75 Å². The van der Waals surface area contributed by atoms with E-state index in [1.807, 2.05) is 24.3 Å². The van der Waals surface area contributed by atoms with Gasteiger partial charge in [-0.3, -0.25) is 0 Å². The molecule has 0 spiro atoms. The van der Waals surface area contributed by atoms with Crippen molar-refractivity contribution >= 4 is 46.3 Å². The second kappa shape index (κ2) is 12.0. The Kier molecular flexibility index (Phi) is 10.3. The van der Waals surface area contributed by atoms with Crippen LogP contribution in [0.1, 0.15) is 36.5 Å². The van der Waals surface area contributed by atoms with Crippen LogP contribution in [0.25, 0.3) is 0 Å². The van der Waals surface area contributed by atoms with Gasteiger partial charge in [0, 0.05) is 17.3 Å². The van der Waals surface area contributed by atoms with Gasteiger partial charge in [-0.05, 0) is 55.0 Å². The summed E-state index contributed by atoms with van der Waals surface area (Å²) in [5.74, 6) is -0.277. The Labute approximate surface area is 161 Å². The molecule has 24 heavy (non-hydrogen) atoms. The number of hydrogen-bond donors (Lipinski definition) is 2. The number of rotatable bonds is 7. The maximum Gasteiger partial charge on any atom is 0.335 e. The average Bonchev–Trinajstić information content (AvgIpc) is 2.61. The third-order valence-corrected chi connectivity index (χ3v) is 3.90. The molecule has 0 aromatic heterocycles. The number of anilines is 1. The maximum atomic E-state index is 10.4. The SMILES string of the molecule is CCCCCNc1ccc(Cl)cc1.O=C(O)c1ccc(OI)cc1. The first-order chi connectivity index (χ1) is 11.6. The molecule has 0 saturated heterocycles. The van der Waals surface area contributed by atoms with Gasteiger partial charge in [-0.15, -0.1) is 0 Å². The molecule has 0 aliphatic rings. The summed E-state index contributed by atoms with van der Waals surface area (Å²) in [6.07, 6.45) is 3.79. The van der Waals surface area contributed by atoms with Crippen LogP contribution in [0.4, 0.5) is 5.69 Å². The summed E-state index contributed by atoms with van der Waals surface area (Å²) in [5, 5.41) is 12.6. The normalized spacial score (nSPS) is 9.62. The minimum atomic E-state index is -0.926. The molecule has 2 aromatic carbocycles. The summed E-state index contributed by atoms with van der Waals surface area (Å²) in [6, 6.07) is 14.0. The van der Waals surface area contributed by atoms with E-state index in [-0.39, 0.29) is 5.56 Å². The van der Waals surface area contributed by atoms with E-state index < -0.39 is 5.97 Å². The van der Waals surface area contributed by atoms with Crippen LogP contribution in [-0.2, 0) is 0 Å². The van der Waals surface area contributed by atoms with E-state index in [0.717, 1.165) is 17.3 Å². The molecule has 0 bridgehead atoms. The van der Waals surface area contributed by atoms with Gasteiger partial charge < -0.3 is 13.5 Å². The zero-order valence-corrected chi connectivity index (χ0v) is 16.4. The van der Waals surface area contributed by atoms with Crippen molar-refractivity contribution in [2.45, 2.75) is 26.2 Å². The molecule has 0 aliphatic carbocycles. The molecular weight excluding hydrogens is 441 g/mol. The lowest BCUT2D eigenvalue weighted by molar-refractivity contribution is 0.0697. The maximum absolute atomic E-state index is 10.4. The van der Waals surface area contributed by atoms with E-state index in [1.165, 1.54) is 31.4 Å². The molecule has 0 amide bonds. The molecule has 0 heterocycles. The minimum absolute atomic E-state index is 0.266. The summed E-state index contributed by atoms with van der Waals surface area (Å²) in [5.41, 5.74) is 1.42. The highest BCUT2D eigenvalue weighted by Crippen LogP contribution is 2.14. The van der Waals surface area contributed by atoms with Crippen LogP contribution in [-0.4, -0.2) is 17.6 Å². The number of unbranched alkanes of at least 4 members (excludes halogenated alkanes) is 2. The molecular formula is C18H21ClINO3. The minimum Gasteiger partial charge on any atom is -0.478 e. The van der Waals surface area contributed by atoms with E-state index in [4.69, 9.17) is 19.8 Å². The lowest BCUT2D eigenvalue weighted by atomic mass is 10.2. The molecule has 0 atom stereocenters. The molecule has 2 aromatic rings. The monoisotopic (exact) mass is 461 g/mol. The zero-order chi connectivity index (χ0) is 17.8. The van der Waals surface area contributed by atoms with Crippen molar-refractivity contribution in [2.24, 2.45) is 0 Å². The van der Waals surface area contributed by atoms with Gasteiger partial charge in [-0.25, -0.2) is 4.79 Å². The molecule has 0 unspecified atom stereocenters. The number of halogens is 2. The lowest BCUT2D eigenvalue weighted by Crippen LogP contribution is -2.00. The zero-order valence-electron chi connectivity index (χ0n) is 13.5. The smallest absolute Gasteiger partial charge is 0.335 e. The molecule has 6 heteroatoms. The molecule has 0 aliphatic heterocycles. The summed E-state index contributed by atoms with van der Waals surface area (Å²) >= 11 is 7.50. The molecule has 130 valence electrons. The molecule has 0 saturated carbocycles. The predicted molar refractivity (Wildman–Crippen MR) is 108 cm³/mol.